The fourth-order valence-electron chi connectivity index (χ4n) is 3.85. The Balaban J connectivity index is 2.38. The molecule has 2 amide bonds. The minimum atomic E-state index is -0.549. The highest BCUT2D eigenvalue weighted by atomic mass is 35.5. The van der Waals surface area contributed by atoms with Crippen LogP contribution in [-0.4, -0.2) is 52.0 Å². The fraction of sp³-hybridized carbons (Fsp3) is 0.176. The number of hydrogen-bond acceptors (Lipinski definition) is 9. The highest BCUT2D eigenvalue weighted by Crippen LogP contribution is 2.23. The van der Waals surface area contributed by atoms with Gasteiger partial charge < -0.3 is 31.6 Å². The molecule has 1 aromatic heterocycles. The predicted molar refractivity (Wildman–Crippen MR) is 184 cm³/mol. The Labute approximate surface area is 273 Å². The third kappa shape index (κ3) is 10.8. The van der Waals surface area contributed by atoms with Gasteiger partial charge in [0.25, 0.3) is 5.91 Å². The number of nitrogens with zero attached hydrogens (tertiary/aromatic N) is 2. The molecule has 0 aliphatic heterocycles. The molecule has 2 rings (SSSR count). The summed E-state index contributed by atoms with van der Waals surface area (Å²) in [4.78, 5) is 45.4. The van der Waals surface area contributed by atoms with Gasteiger partial charge in [-0.15, -0.1) is 0 Å². The number of rotatable bonds is 16. The molecule has 12 heteroatoms. The maximum absolute atomic E-state index is 13.5. The van der Waals surface area contributed by atoms with E-state index in [9.17, 15) is 19.5 Å². The van der Waals surface area contributed by atoms with Crippen molar-refractivity contribution in [1.29, 1.82) is 5.41 Å². The molecule has 0 saturated heterocycles. The first-order valence-electron chi connectivity index (χ1n) is 14.0. The lowest BCUT2D eigenvalue weighted by Gasteiger charge is -2.16. The Kier molecular flexibility index (Phi) is 14.9. The standard InChI is InChI=1S/C34H36ClN7O4/c1-5-13-25(22(4)35)19-39-34(46)29-24(14-10-8-9-11-17-43)15-12-16-27(29)42-28(45)20-38-33-30(32(37)40-21-41-33)31(36)23(6-2)18-26(44)7-3/h5-7,12-13,15-18,21,36,44H,1-2,4,8-9,11,19-20H2,3H3,(H,39,46)(H,42,45)(H3,37,38,40,41)/b23-18+,25-13-,26-7+,36-31?. The second-order valence-corrected chi connectivity index (χ2v) is 9.84. The summed E-state index contributed by atoms with van der Waals surface area (Å²) in [6, 6.07) is 4.85. The summed E-state index contributed by atoms with van der Waals surface area (Å²) in [5, 5.41) is 27.2. The molecule has 0 aliphatic rings. The van der Waals surface area contributed by atoms with Gasteiger partial charge in [-0.25, -0.2) is 9.97 Å². The summed E-state index contributed by atoms with van der Waals surface area (Å²) in [7, 11) is 0. The first-order valence-corrected chi connectivity index (χ1v) is 14.4. The lowest BCUT2D eigenvalue weighted by molar-refractivity contribution is -0.114. The normalized spacial score (nSPS) is 11.4. The molecule has 11 nitrogen and oxygen atoms in total. The summed E-state index contributed by atoms with van der Waals surface area (Å²) in [5.41, 5.74) is 7.49. The van der Waals surface area contributed by atoms with Crippen LogP contribution < -0.4 is 21.7 Å². The Morgan fingerprint density at radius 2 is 1.96 bits per heavy atom. The van der Waals surface area contributed by atoms with Crippen LogP contribution in [0, 0.1) is 17.3 Å². The van der Waals surface area contributed by atoms with Gasteiger partial charge in [0.15, 0.2) is 0 Å². The van der Waals surface area contributed by atoms with Crippen molar-refractivity contribution in [3.05, 3.63) is 113 Å². The smallest absolute Gasteiger partial charge is 0.254 e. The number of unbranched alkanes of at least 4 members (excludes halogenated alkanes) is 2. The fourth-order valence-corrected chi connectivity index (χ4v) is 3.98. The quantitative estimate of drug-likeness (QED) is 0.0353. The number of nitrogen functional groups attached to an aromatic ring is 1. The predicted octanol–water partition coefficient (Wildman–Crippen LogP) is 5.37. The molecule has 0 radical (unpaired) electrons. The lowest BCUT2D eigenvalue weighted by atomic mass is 10.0. The number of nitrogens with two attached hydrogens (primary N) is 1. The van der Waals surface area contributed by atoms with E-state index in [1.807, 2.05) is 0 Å². The van der Waals surface area contributed by atoms with E-state index in [0.717, 1.165) is 6.29 Å². The van der Waals surface area contributed by atoms with Crippen LogP contribution in [0.3, 0.4) is 0 Å². The number of aromatic nitrogens is 2. The highest BCUT2D eigenvalue weighted by molar-refractivity contribution is 6.31. The number of aliphatic hydroxyl groups is 1. The lowest BCUT2D eigenvalue weighted by Crippen LogP contribution is -2.29. The number of carbonyl (C=O) groups is 3. The van der Waals surface area contributed by atoms with Gasteiger partial charge in [-0.3, -0.25) is 15.0 Å². The number of amides is 2. The van der Waals surface area contributed by atoms with E-state index in [0.29, 0.717) is 30.4 Å². The van der Waals surface area contributed by atoms with E-state index in [2.05, 4.69) is 57.5 Å². The summed E-state index contributed by atoms with van der Waals surface area (Å²) in [5.74, 6) is 4.83. The van der Waals surface area contributed by atoms with Crippen LogP contribution in [0.25, 0.3) is 0 Å². The zero-order valence-corrected chi connectivity index (χ0v) is 26.2. The van der Waals surface area contributed by atoms with E-state index in [1.54, 1.807) is 31.2 Å². The van der Waals surface area contributed by atoms with E-state index in [4.69, 9.17) is 22.7 Å². The van der Waals surface area contributed by atoms with Crippen LogP contribution >= 0.6 is 11.6 Å². The third-order valence-corrected chi connectivity index (χ3v) is 6.41. The minimum Gasteiger partial charge on any atom is -0.508 e. The van der Waals surface area contributed by atoms with Crippen LogP contribution in [0.2, 0.25) is 0 Å². The van der Waals surface area contributed by atoms with Crippen molar-refractivity contribution in [2.75, 3.05) is 29.5 Å². The second kappa shape index (κ2) is 18.8. The molecule has 0 unspecified atom stereocenters. The van der Waals surface area contributed by atoms with Crippen molar-refractivity contribution >= 4 is 52.7 Å². The van der Waals surface area contributed by atoms with Gasteiger partial charge in [0.1, 0.15) is 30.0 Å². The van der Waals surface area contributed by atoms with Gasteiger partial charge in [0, 0.05) is 35.6 Å². The molecule has 0 fully saturated rings. The number of aliphatic hydroxyl groups excluding tert-OH is 1. The van der Waals surface area contributed by atoms with Crippen molar-refractivity contribution in [2.45, 2.75) is 26.2 Å². The van der Waals surface area contributed by atoms with Gasteiger partial charge in [0.05, 0.1) is 29.1 Å². The zero-order chi connectivity index (χ0) is 34.1. The van der Waals surface area contributed by atoms with Crippen molar-refractivity contribution < 1.29 is 19.5 Å². The van der Waals surface area contributed by atoms with Gasteiger partial charge in [-0.1, -0.05) is 67.5 Å². The van der Waals surface area contributed by atoms with Crippen LogP contribution in [0.1, 0.15) is 47.7 Å². The van der Waals surface area contributed by atoms with E-state index in [1.165, 1.54) is 30.6 Å². The van der Waals surface area contributed by atoms with E-state index < -0.39 is 11.8 Å². The van der Waals surface area contributed by atoms with Crippen LogP contribution in [-0.2, 0) is 9.59 Å². The molecule has 1 heterocycles. The summed E-state index contributed by atoms with van der Waals surface area (Å²) in [6.07, 6.45) is 10.7. The number of hydrogen-bond donors (Lipinski definition) is 6. The molecule has 238 valence electrons. The van der Waals surface area contributed by atoms with Gasteiger partial charge in [-0.05, 0) is 43.2 Å². The average Bonchev–Trinajstić information content (AvgIpc) is 3.03. The molecule has 0 spiro atoms. The largest absolute Gasteiger partial charge is 0.508 e. The van der Waals surface area contributed by atoms with Crippen molar-refractivity contribution in [2.24, 2.45) is 0 Å². The van der Waals surface area contributed by atoms with Crippen LogP contribution in [0.4, 0.5) is 17.3 Å². The Morgan fingerprint density at radius 1 is 1.20 bits per heavy atom. The molecule has 0 atom stereocenters. The van der Waals surface area contributed by atoms with Crippen LogP contribution in [0.5, 0.6) is 0 Å². The summed E-state index contributed by atoms with van der Waals surface area (Å²) >= 11 is 6.05. The molecule has 0 saturated carbocycles. The molecular weight excluding hydrogens is 606 g/mol. The maximum Gasteiger partial charge on any atom is 0.254 e. The average molecular weight is 642 g/mol. The van der Waals surface area contributed by atoms with E-state index >= 15 is 0 Å². The van der Waals surface area contributed by atoms with Crippen molar-refractivity contribution in [3.8, 4) is 11.8 Å². The molecular formula is C34H36ClN7O4. The monoisotopic (exact) mass is 641 g/mol. The zero-order valence-electron chi connectivity index (χ0n) is 25.5. The minimum absolute atomic E-state index is 0.0292. The van der Waals surface area contributed by atoms with Gasteiger partial charge >= 0.3 is 0 Å². The number of allylic oxidation sites excluding steroid dienone is 6. The number of halogens is 1. The Bertz CT molecular complexity index is 1680. The number of benzene rings is 1. The van der Waals surface area contributed by atoms with Crippen molar-refractivity contribution in [3.63, 3.8) is 0 Å². The highest BCUT2D eigenvalue weighted by Gasteiger charge is 2.20. The molecule has 0 bridgehead atoms. The Morgan fingerprint density at radius 3 is 2.61 bits per heavy atom. The van der Waals surface area contributed by atoms with Gasteiger partial charge in [-0.2, -0.15) is 0 Å². The maximum atomic E-state index is 13.5. The first-order chi connectivity index (χ1) is 22.1. The van der Waals surface area contributed by atoms with Crippen molar-refractivity contribution in [1.82, 2.24) is 15.3 Å². The van der Waals surface area contributed by atoms with E-state index in [-0.39, 0.29) is 63.6 Å². The molecule has 46 heavy (non-hydrogen) atoms. The molecule has 1 aromatic carbocycles. The first kappa shape index (κ1) is 36.5. The third-order valence-electron chi connectivity index (χ3n) is 6.17. The number of nitrogens with one attached hydrogen (secondary N) is 4. The number of carbonyl (C=O) groups excluding carboxylic acids is 3. The topological polar surface area (TPSA) is 183 Å². The number of aldehydes is 1. The summed E-state index contributed by atoms with van der Waals surface area (Å²) in [6.45, 7) is 12.4. The van der Waals surface area contributed by atoms with Crippen LogP contribution in [0.15, 0.2) is 96.6 Å². The second-order valence-electron chi connectivity index (χ2n) is 9.38. The molecule has 2 aromatic rings. The summed E-state index contributed by atoms with van der Waals surface area (Å²) < 4.78 is 0. The SMILES string of the molecule is C=C/C=C(/CNC(=O)c1c(C#CCCCC=O)cccc1NC(=O)CNc1ncnc(N)c1C(=N)/C(C=C)=C/C(O)=C\C)C(=C)Cl. The molecule has 7 N–H and O–H groups in total. The Hall–Kier alpha value is -5.73. The number of anilines is 3. The van der Waals surface area contributed by atoms with Gasteiger partial charge in [0.2, 0.25) is 5.91 Å². The molecule has 0 aliphatic carbocycles.